The smallest absolute Gasteiger partial charge is 0.373 e. The number of carbonyl (C=O) groups excluding carboxylic acids is 5. The second-order valence-electron chi connectivity index (χ2n) is 22.0. The zero-order chi connectivity index (χ0) is 57.5. The van der Waals surface area contributed by atoms with Crippen molar-refractivity contribution in [3.8, 4) is 33.8 Å². The molecule has 0 amide bonds. The Hall–Kier alpha value is -7.03. The summed E-state index contributed by atoms with van der Waals surface area (Å²) in [7, 11) is 0. The van der Waals surface area contributed by atoms with Crippen molar-refractivity contribution >= 4 is 24.2 Å². The van der Waals surface area contributed by atoms with Crippen molar-refractivity contribution in [1.29, 1.82) is 0 Å². The van der Waals surface area contributed by atoms with Gasteiger partial charge in [-0.25, -0.2) is 8.78 Å². The van der Waals surface area contributed by atoms with Gasteiger partial charge in [-0.1, -0.05) is 161 Å². The van der Waals surface area contributed by atoms with E-state index in [2.05, 4.69) is 95.3 Å². The molecule has 410 valence electrons. The largest absolute Gasteiger partial charge is 0.486 e. The third-order valence-electron chi connectivity index (χ3n) is 15.2. The van der Waals surface area contributed by atoms with Crippen LogP contribution < -0.4 is 9.47 Å². The predicted molar refractivity (Wildman–Crippen MR) is 303 cm³/mol. The second-order valence-corrected chi connectivity index (χ2v) is 22.0. The average Bonchev–Trinajstić information content (AvgIpc) is 3.38. The van der Waals surface area contributed by atoms with Crippen molar-refractivity contribution in [2.75, 3.05) is 13.2 Å². The summed E-state index contributed by atoms with van der Waals surface area (Å²) in [5.41, 5.74) is 12.7. The summed E-state index contributed by atoms with van der Waals surface area (Å²) < 4.78 is 45.5. The molecule has 0 atom stereocenters. The lowest BCUT2D eigenvalue weighted by Gasteiger charge is -2.34. The molecule has 0 saturated heterocycles. The Balaban J connectivity index is 0.000000317. The fourth-order valence-electron chi connectivity index (χ4n) is 9.93. The lowest BCUT2D eigenvalue weighted by molar-refractivity contribution is -0.191. The van der Waals surface area contributed by atoms with Crippen LogP contribution in [0.15, 0.2) is 109 Å². The highest BCUT2D eigenvalue weighted by molar-refractivity contribution is 5.85. The molecular formula is C67H80F2O8. The molecule has 0 aromatic heterocycles. The van der Waals surface area contributed by atoms with Crippen molar-refractivity contribution in [2.45, 2.75) is 153 Å². The number of aryl methyl sites for hydroxylation is 5. The van der Waals surface area contributed by atoms with Gasteiger partial charge < -0.3 is 14.2 Å². The van der Waals surface area contributed by atoms with Gasteiger partial charge in [-0.2, -0.15) is 9.59 Å². The Kier molecular flexibility index (Phi) is 22.2. The topological polar surface area (TPSA) is 113 Å². The van der Waals surface area contributed by atoms with E-state index in [1.165, 1.54) is 28.3 Å². The Morgan fingerprint density at radius 1 is 0.494 bits per heavy atom. The highest BCUT2D eigenvalue weighted by Gasteiger charge is 2.34. The number of benzene rings is 6. The third kappa shape index (κ3) is 15.1. The molecule has 0 aliphatic heterocycles. The molecule has 6 aromatic rings. The molecule has 0 unspecified atom stereocenters. The minimum absolute atomic E-state index is 0.0583. The molecule has 0 bridgehead atoms. The summed E-state index contributed by atoms with van der Waals surface area (Å²) in [6, 6.07) is 36.1. The molecule has 0 aliphatic carbocycles. The van der Waals surface area contributed by atoms with E-state index >= 15 is 0 Å². The van der Waals surface area contributed by atoms with Crippen molar-refractivity contribution in [3.63, 3.8) is 0 Å². The molecular weight excluding hydrogens is 971 g/mol. The first kappa shape index (κ1) is 62.5. The fraction of sp³-hybridized carbons (Fsp3) is 0.403. The molecule has 0 N–H and O–H groups in total. The van der Waals surface area contributed by atoms with Crippen LogP contribution in [0, 0.1) is 50.2 Å². The number of rotatable bonds is 20. The van der Waals surface area contributed by atoms with Crippen molar-refractivity contribution in [1.82, 2.24) is 0 Å². The van der Waals surface area contributed by atoms with Gasteiger partial charge in [-0.15, -0.1) is 0 Å². The van der Waals surface area contributed by atoms with Crippen LogP contribution in [-0.4, -0.2) is 37.4 Å². The number of Topliss-reactive ketones (excluding diaryl/α,β-unsaturated/α-hetero) is 2. The van der Waals surface area contributed by atoms with Crippen LogP contribution >= 0.6 is 0 Å². The number of ether oxygens (including phenoxy) is 3. The van der Waals surface area contributed by atoms with Crippen LogP contribution in [0.2, 0.25) is 0 Å². The Labute approximate surface area is 457 Å². The lowest BCUT2D eigenvalue weighted by Crippen LogP contribution is -2.27. The molecule has 0 saturated carbocycles. The number of carbonyl (C=O) groups is 3. The van der Waals surface area contributed by atoms with Crippen LogP contribution in [0.4, 0.5) is 8.78 Å². The van der Waals surface area contributed by atoms with Crippen LogP contribution in [0.1, 0.15) is 157 Å². The van der Waals surface area contributed by atoms with Crippen LogP contribution in [0.3, 0.4) is 0 Å². The maximum atomic E-state index is 14.6. The number of hydrogen-bond donors (Lipinski definition) is 0. The molecule has 0 radical (unpaired) electrons. The van der Waals surface area contributed by atoms with Gasteiger partial charge in [-0.05, 0) is 156 Å². The zero-order valence-electron chi connectivity index (χ0n) is 48.1. The summed E-state index contributed by atoms with van der Waals surface area (Å²) >= 11 is 0. The number of ketones is 2. The maximum absolute atomic E-state index is 14.6. The summed E-state index contributed by atoms with van der Waals surface area (Å²) in [4.78, 5) is 51.3. The first-order valence-corrected chi connectivity index (χ1v) is 26.7. The zero-order valence-corrected chi connectivity index (χ0v) is 48.1. The maximum Gasteiger partial charge on any atom is 0.373 e. The molecule has 77 heavy (non-hydrogen) atoms. The minimum Gasteiger partial charge on any atom is -0.486 e. The van der Waals surface area contributed by atoms with Crippen LogP contribution in [0.25, 0.3) is 22.3 Å². The summed E-state index contributed by atoms with van der Waals surface area (Å²) in [6.45, 7) is 30.8. The van der Waals surface area contributed by atoms with E-state index < -0.39 is 16.6 Å². The molecule has 0 heterocycles. The molecule has 0 spiro atoms. The van der Waals surface area contributed by atoms with E-state index in [1.807, 2.05) is 99.6 Å². The SMILES string of the molecule is CCC(CC)(c1ccc(OCC(=O)C(C)(C)C)c(C)c1)c1ccc(-c2ccc(COC=O)c(F)c2)c(C)c1.CCc1ccc(-c2ccc(C(CC)(CC)c3ccc(OCC(=O)C(C)(C)C)c(C)c3)cc2C)cc1F.O=C=O. The monoisotopic (exact) mass is 1050 g/mol. The lowest BCUT2D eigenvalue weighted by atomic mass is 9.69. The van der Waals surface area contributed by atoms with Gasteiger partial charge in [0.15, 0.2) is 11.6 Å². The Morgan fingerprint density at radius 3 is 1.12 bits per heavy atom. The summed E-state index contributed by atoms with van der Waals surface area (Å²) in [5.74, 6) is 1.09. The standard InChI is InChI=1S/C33H39FO4.C33H41FO2.CO2/c1-8-33(9-2,27-13-15-30(23(4)17-27)38-20-31(36)32(5,6)7)26-12-14-28(22(3)16-26)24-10-11-25(19-37-21-35)29(34)18-24;1-9-24-12-13-25(20-29(24)34)28-16-14-26(18-22(28)4)33(10-2,11-3)27-15-17-30(23(5)19-27)36-21-31(35)32(6,7)8;2-1-3/h10-18,21H,8-9,19-20H2,1-7H3;12-20H,9-11,21H2,1-8H3;. The second kappa shape index (κ2) is 27.3. The van der Waals surface area contributed by atoms with Gasteiger partial charge in [0.1, 0.15) is 43.0 Å². The predicted octanol–water partition coefficient (Wildman–Crippen LogP) is 16.1. The van der Waals surface area contributed by atoms with Crippen molar-refractivity contribution < 1.29 is 47.0 Å². The summed E-state index contributed by atoms with van der Waals surface area (Å²) in [5, 5.41) is 0. The van der Waals surface area contributed by atoms with E-state index in [4.69, 9.17) is 23.8 Å². The minimum atomic E-state index is -0.434. The van der Waals surface area contributed by atoms with Crippen LogP contribution in [0.5, 0.6) is 11.5 Å². The molecule has 8 nitrogen and oxygen atoms in total. The first-order chi connectivity index (χ1) is 36.3. The van der Waals surface area contributed by atoms with E-state index in [0.717, 1.165) is 87.3 Å². The number of hydrogen-bond acceptors (Lipinski definition) is 8. The first-order valence-electron chi connectivity index (χ1n) is 26.7. The van der Waals surface area contributed by atoms with Crippen molar-refractivity contribution in [2.24, 2.45) is 10.8 Å². The van der Waals surface area contributed by atoms with Crippen molar-refractivity contribution in [3.05, 3.63) is 176 Å². The van der Waals surface area contributed by atoms with Gasteiger partial charge in [0.25, 0.3) is 6.47 Å². The van der Waals surface area contributed by atoms with Crippen LogP contribution in [-0.2, 0) is 52.6 Å². The Bertz CT molecular complexity index is 3030. The highest BCUT2D eigenvalue weighted by Crippen LogP contribution is 2.44. The van der Waals surface area contributed by atoms with Gasteiger partial charge in [0, 0.05) is 27.2 Å². The van der Waals surface area contributed by atoms with E-state index in [0.29, 0.717) is 18.5 Å². The molecule has 0 aliphatic rings. The van der Waals surface area contributed by atoms with E-state index in [9.17, 15) is 23.2 Å². The third-order valence-corrected chi connectivity index (χ3v) is 15.2. The normalized spacial score (nSPS) is 11.5. The molecule has 0 fully saturated rings. The highest BCUT2D eigenvalue weighted by atomic mass is 19.1. The van der Waals surface area contributed by atoms with Gasteiger partial charge in [0.2, 0.25) is 0 Å². The van der Waals surface area contributed by atoms with Gasteiger partial charge in [-0.3, -0.25) is 14.4 Å². The van der Waals surface area contributed by atoms with Gasteiger partial charge in [0.05, 0.1) is 0 Å². The number of halogens is 2. The molecule has 6 rings (SSSR count). The quantitative estimate of drug-likeness (QED) is 0.0695. The van der Waals surface area contributed by atoms with E-state index in [1.54, 1.807) is 12.1 Å². The average molecular weight is 1050 g/mol. The Morgan fingerprint density at radius 2 is 0.831 bits per heavy atom. The molecule has 10 heteroatoms. The van der Waals surface area contributed by atoms with Gasteiger partial charge >= 0.3 is 6.15 Å². The molecule has 6 aromatic carbocycles. The fourth-order valence-corrected chi connectivity index (χ4v) is 9.93. The summed E-state index contributed by atoms with van der Waals surface area (Å²) in [6.07, 6.45) is 4.65. The van der Waals surface area contributed by atoms with E-state index in [-0.39, 0.29) is 54.2 Å².